The maximum atomic E-state index is 9.06. The van der Waals surface area contributed by atoms with Crippen molar-refractivity contribution in [2.45, 2.75) is 6.54 Å². The van der Waals surface area contributed by atoms with Crippen LogP contribution in [0.25, 0.3) is 22.7 Å². The van der Waals surface area contributed by atoms with Gasteiger partial charge in [0, 0.05) is 18.0 Å². The van der Waals surface area contributed by atoms with E-state index in [9.17, 15) is 0 Å². The zero-order chi connectivity index (χ0) is 21.9. The molecule has 5 rings (SSSR count). The highest BCUT2D eigenvalue weighted by atomic mass is 79.9. The summed E-state index contributed by atoms with van der Waals surface area (Å²) >= 11 is 3.35. The van der Waals surface area contributed by atoms with Gasteiger partial charge in [-0.3, -0.25) is 0 Å². The first kappa shape index (κ1) is 19.7. The monoisotopic (exact) mass is 484 g/mol. The summed E-state index contributed by atoms with van der Waals surface area (Å²) in [6, 6.07) is 16.8. The minimum absolute atomic E-state index is 0.285. The zero-order valence-corrected chi connectivity index (χ0v) is 18.0. The molecule has 2 aromatic carbocycles. The number of hydrogen-bond acceptors (Lipinski definition) is 8. The summed E-state index contributed by atoms with van der Waals surface area (Å²) in [5.41, 5.74) is 3.28. The van der Waals surface area contributed by atoms with Gasteiger partial charge in [-0.1, -0.05) is 29.5 Å². The summed E-state index contributed by atoms with van der Waals surface area (Å²) in [5, 5.41) is 17.3. The van der Waals surface area contributed by atoms with Gasteiger partial charge in [0.1, 0.15) is 5.75 Å². The summed E-state index contributed by atoms with van der Waals surface area (Å²) < 4.78 is 8.25. The molecule has 5 aromatic rings. The van der Waals surface area contributed by atoms with Crippen LogP contribution in [0.15, 0.2) is 71.6 Å². The van der Waals surface area contributed by atoms with E-state index < -0.39 is 0 Å². The molecule has 0 radical (unpaired) electrons. The molecule has 0 fully saturated rings. The van der Waals surface area contributed by atoms with Crippen LogP contribution in [0.3, 0.4) is 0 Å². The van der Waals surface area contributed by atoms with Crippen molar-refractivity contribution in [2.75, 3.05) is 0 Å². The summed E-state index contributed by atoms with van der Waals surface area (Å²) in [5.74, 6) is 1.42. The average Bonchev–Trinajstić information content (AvgIpc) is 3.22. The molecule has 0 N–H and O–H groups in total. The van der Waals surface area contributed by atoms with Crippen LogP contribution < -0.4 is 4.74 Å². The Balaban J connectivity index is 1.42. The van der Waals surface area contributed by atoms with Crippen LogP contribution in [-0.4, -0.2) is 34.9 Å². The van der Waals surface area contributed by atoms with Crippen LogP contribution in [-0.2, 0) is 6.54 Å². The Hall–Kier alpha value is -4.23. The third kappa shape index (κ3) is 4.14. The zero-order valence-electron chi connectivity index (χ0n) is 16.4. The Morgan fingerprint density at radius 2 is 1.84 bits per heavy atom. The van der Waals surface area contributed by atoms with E-state index >= 15 is 0 Å². The van der Waals surface area contributed by atoms with E-state index in [1.54, 1.807) is 41.3 Å². The molecule has 154 valence electrons. The van der Waals surface area contributed by atoms with Crippen molar-refractivity contribution in [2.24, 2.45) is 0 Å². The number of rotatable bonds is 5. The van der Waals surface area contributed by atoms with E-state index in [1.165, 1.54) is 6.20 Å². The van der Waals surface area contributed by atoms with Gasteiger partial charge in [-0.2, -0.15) is 10.2 Å². The number of fused-ring (bicyclic) bond motifs is 1. The normalized spacial score (nSPS) is 10.8. The van der Waals surface area contributed by atoms with Crippen molar-refractivity contribution in [3.05, 3.63) is 82.7 Å². The van der Waals surface area contributed by atoms with Crippen LogP contribution in [0.4, 0.5) is 0 Å². The minimum Gasteiger partial charge on any atom is -0.437 e. The second kappa shape index (κ2) is 8.49. The smallest absolute Gasteiger partial charge is 0.240 e. The van der Waals surface area contributed by atoms with Gasteiger partial charge in [0.05, 0.1) is 28.8 Å². The number of aromatic nitrogens is 7. The molecule has 9 nitrogen and oxygen atoms in total. The van der Waals surface area contributed by atoms with Crippen molar-refractivity contribution in [3.63, 3.8) is 0 Å². The molecule has 0 amide bonds. The van der Waals surface area contributed by atoms with E-state index in [0.29, 0.717) is 35.0 Å². The molecule has 0 atom stereocenters. The molecular formula is C22H13BrN8O. The van der Waals surface area contributed by atoms with E-state index in [-0.39, 0.29) is 5.88 Å². The number of ether oxygens (including phenoxy) is 1. The van der Waals surface area contributed by atoms with Crippen molar-refractivity contribution < 1.29 is 4.74 Å². The van der Waals surface area contributed by atoms with Crippen LogP contribution >= 0.6 is 15.9 Å². The molecule has 0 bridgehead atoms. The van der Waals surface area contributed by atoms with Crippen molar-refractivity contribution in [1.82, 2.24) is 34.9 Å². The van der Waals surface area contributed by atoms with Crippen LogP contribution in [0.2, 0.25) is 0 Å². The van der Waals surface area contributed by atoms with Crippen LogP contribution in [0.1, 0.15) is 11.1 Å². The number of nitrogens with zero attached hydrogens (tertiary/aromatic N) is 8. The molecule has 0 aliphatic carbocycles. The SMILES string of the molecule is N#Cc1cccc(Oc2cnc3nnn(Cc4cccc(-c5ncc(Br)cn5)c4)c3n2)c1. The molecule has 0 aliphatic heterocycles. The quantitative estimate of drug-likeness (QED) is 0.365. The Morgan fingerprint density at radius 3 is 2.69 bits per heavy atom. The summed E-state index contributed by atoms with van der Waals surface area (Å²) in [6.07, 6.45) is 4.90. The van der Waals surface area contributed by atoms with Gasteiger partial charge in [0.25, 0.3) is 0 Å². The highest BCUT2D eigenvalue weighted by Crippen LogP contribution is 2.22. The fourth-order valence-electron chi connectivity index (χ4n) is 3.09. The Bertz CT molecular complexity index is 1460. The fraction of sp³-hybridized carbons (Fsp3) is 0.0455. The van der Waals surface area contributed by atoms with Gasteiger partial charge in [-0.15, -0.1) is 5.10 Å². The standard InChI is InChI=1S/C22H13BrN8O/c23-17-10-25-20(26-11-17)16-5-1-4-15(7-16)13-31-22-21(29-30-31)27-12-19(28-22)32-18-6-2-3-14(8-18)9-24/h1-8,10-12H,13H2. The van der Waals surface area contributed by atoms with E-state index in [2.05, 4.69) is 52.2 Å². The van der Waals surface area contributed by atoms with Gasteiger partial charge < -0.3 is 4.74 Å². The predicted molar refractivity (Wildman–Crippen MR) is 119 cm³/mol. The molecule has 0 saturated carbocycles. The Kier molecular flexibility index (Phi) is 5.23. The molecule has 0 spiro atoms. The van der Waals surface area contributed by atoms with E-state index in [0.717, 1.165) is 15.6 Å². The highest BCUT2D eigenvalue weighted by Gasteiger charge is 2.12. The minimum atomic E-state index is 0.285. The van der Waals surface area contributed by atoms with E-state index in [4.69, 9.17) is 10.00 Å². The first-order valence-corrected chi connectivity index (χ1v) is 10.3. The molecule has 3 heterocycles. The van der Waals surface area contributed by atoms with Gasteiger partial charge in [0.15, 0.2) is 5.82 Å². The first-order valence-electron chi connectivity index (χ1n) is 9.49. The molecule has 0 saturated heterocycles. The largest absolute Gasteiger partial charge is 0.437 e. The lowest BCUT2D eigenvalue weighted by Crippen LogP contribution is -2.04. The molecule has 0 aliphatic rings. The summed E-state index contributed by atoms with van der Waals surface area (Å²) in [7, 11) is 0. The van der Waals surface area contributed by atoms with Crippen molar-refractivity contribution in [3.8, 4) is 29.1 Å². The van der Waals surface area contributed by atoms with Gasteiger partial charge in [0.2, 0.25) is 17.2 Å². The lowest BCUT2D eigenvalue weighted by Gasteiger charge is -2.07. The number of halogens is 1. The molecule has 3 aromatic heterocycles. The second-order valence-electron chi connectivity index (χ2n) is 6.77. The lowest BCUT2D eigenvalue weighted by atomic mass is 10.1. The lowest BCUT2D eigenvalue weighted by molar-refractivity contribution is 0.461. The van der Waals surface area contributed by atoms with Crippen LogP contribution in [0, 0.1) is 11.3 Å². The number of nitriles is 1. The average molecular weight is 485 g/mol. The van der Waals surface area contributed by atoms with Gasteiger partial charge in [-0.05, 0) is 45.8 Å². The number of benzene rings is 2. The van der Waals surface area contributed by atoms with Crippen molar-refractivity contribution in [1.29, 1.82) is 5.26 Å². The molecule has 0 unspecified atom stereocenters. The topological polar surface area (TPSA) is 115 Å². The van der Waals surface area contributed by atoms with Crippen molar-refractivity contribution >= 4 is 27.2 Å². The fourth-order valence-corrected chi connectivity index (χ4v) is 3.29. The maximum absolute atomic E-state index is 9.06. The van der Waals surface area contributed by atoms with Gasteiger partial charge >= 0.3 is 0 Å². The predicted octanol–water partition coefficient (Wildman–Crippen LogP) is 4.15. The Labute approximate surface area is 190 Å². The maximum Gasteiger partial charge on any atom is 0.240 e. The Morgan fingerprint density at radius 1 is 1.00 bits per heavy atom. The van der Waals surface area contributed by atoms with E-state index in [1.807, 2.05) is 24.3 Å². The second-order valence-corrected chi connectivity index (χ2v) is 7.69. The summed E-state index contributed by atoms with van der Waals surface area (Å²) in [6.45, 7) is 0.433. The molecule has 10 heteroatoms. The highest BCUT2D eigenvalue weighted by molar-refractivity contribution is 9.10. The third-order valence-corrected chi connectivity index (χ3v) is 4.94. The molecular weight excluding hydrogens is 472 g/mol. The first-order chi connectivity index (χ1) is 15.7. The third-order valence-electron chi connectivity index (χ3n) is 4.53. The number of hydrogen-bond donors (Lipinski definition) is 0. The summed E-state index contributed by atoms with van der Waals surface area (Å²) in [4.78, 5) is 17.5. The molecule has 32 heavy (non-hydrogen) atoms. The van der Waals surface area contributed by atoms with Crippen LogP contribution in [0.5, 0.6) is 11.6 Å². The van der Waals surface area contributed by atoms with Gasteiger partial charge in [-0.25, -0.2) is 19.6 Å².